The van der Waals surface area contributed by atoms with Gasteiger partial charge in [0, 0.05) is 13.0 Å². The van der Waals surface area contributed by atoms with Gasteiger partial charge in [-0.25, -0.2) is 0 Å². The molecule has 0 saturated carbocycles. The van der Waals surface area contributed by atoms with E-state index in [1.807, 2.05) is 30.3 Å². The Bertz CT molecular complexity index is 838. The Morgan fingerprint density at radius 1 is 1.11 bits per heavy atom. The van der Waals surface area contributed by atoms with E-state index < -0.39 is 24.5 Å². The predicted molar refractivity (Wildman–Crippen MR) is 102 cm³/mol. The van der Waals surface area contributed by atoms with Crippen LogP contribution in [0.4, 0.5) is 11.4 Å². The van der Waals surface area contributed by atoms with Crippen LogP contribution in [0.15, 0.2) is 54.6 Å². The lowest BCUT2D eigenvalue weighted by molar-refractivity contribution is -0.136. The third-order valence-electron chi connectivity index (χ3n) is 4.37. The second-order valence-electron chi connectivity index (χ2n) is 6.32. The molecule has 0 fully saturated rings. The van der Waals surface area contributed by atoms with Gasteiger partial charge in [0.2, 0.25) is 5.91 Å². The summed E-state index contributed by atoms with van der Waals surface area (Å²) in [6, 6.07) is 15.8. The fourth-order valence-electron chi connectivity index (χ4n) is 3.04. The number of para-hydroxylation sites is 2. The number of aryl methyl sites for hydroxylation is 1. The van der Waals surface area contributed by atoms with Crippen LogP contribution in [-0.2, 0) is 20.8 Å². The largest absolute Gasteiger partial charge is 0.480 e. The topological polar surface area (TPSA) is 98.7 Å². The summed E-state index contributed by atoms with van der Waals surface area (Å²) in [5, 5.41) is 15.0. The third-order valence-corrected chi connectivity index (χ3v) is 4.37. The molecule has 1 atom stereocenters. The van der Waals surface area contributed by atoms with E-state index in [2.05, 4.69) is 10.6 Å². The van der Waals surface area contributed by atoms with Gasteiger partial charge in [-0.05, 0) is 24.1 Å². The molecular formula is C20H21N3O4. The van der Waals surface area contributed by atoms with E-state index in [1.165, 1.54) is 4.90 Å². The number of hydrogen-bond acceptors (Lipinski definition) is 4. The SMILES string of the molecule is O=C(O)CN1C(=O)[C@@H](NC(=O)CCc2ccccc2)CNc2ccccc21. The van der Waals surface area contributed by atoms with Crippen LogP contribution < -0.4 is 15.5 Å². The number of benzene rings is 2. The van der Waals surface area contributed by atoms with E-state index in [-0.39, 0.29) is 18.9 Å². The van der Waals surface area contributed by atoms with Crippen molar-refractivity contribution in [2.45, 2.75) is 18.9 Å². The summed E-state index contributed by atoms with van der Waals surface area (Å²) >= 11 is 0. The average Bonchev–Trinajstić information content (AvgIpc) is 2.79. The van der Waals surface area contributed by atoms with Gasteiger partial charge in [-0.1, -0.05) is 42.5 Å². The van der Waals surface area contributed by atoms with E-state index in [0.29, 0.717) is 17.8 Å². The minimum atomic E-state index is -1.12. The van der Waals surface area contributed by atoms with E-state index in [4.69, 9.17) is 0 Å². The summed E-state index contributed by atoms with van der Waals surface area (Å²) in [5.41, 5.74) is 2.19. The highest BCUT2D eigenvalue weighted by Gasteiger charge is 2.32. The Morgan fingerprint density at radius 2 is 1.81 bits per heavy atom. The molecule has 140 valence electrons. The van der Waals surface area contributed by atoms with Gasteiger partial charge in [-0.3, -0.25) is 19.3 Å². The zero-order valence-corrected chi connectivity index (χ0v) is 14.7. The first kappa shape index (κ1) is 18.4. The van der Waals surface area contributed by atoms with Crippen molar-refractivity contribution in [3.8, 4) is 0 Å². The summed E-state index contributed by atoms with van der Waals surface area (Å²) in [5.74, 6) is -1.81. The minimum absolute atomic E-state index is 0.197. The molecule has 0 unspecified atom stereocenters. The Balaban J connectivity index is 1.69. The number of rotatable bonds is 6. The molecule has 2 aromatic carbocycles. The van der Waals surface area contributed by atoms with Crippen molar-refractivity contribution in [2.24, 2.45) is 0 Å². The van der Waals surface area contributed by atoms with Crippen LogP contribution in [0.2, 0.25) is 0 Å². The van der Waals surface area contributed by atoms with Crippen LogP contribution in [0.25, 0.3) is 0 Å². The first-order valence-corrected chi connectivity index (χ1v) is 8.74. The number of nitrogens with zero attached hydrogens (tertiary/aromatic N) is 1. The van der Waals surface area contributed by atoms with E-state index in [1.54, 1.807) is 24.3 Å². The first-order valence-electron chi connectivity index (χ1n) is 8.74. The van der Waals surface area contributed by atoms with Crippen LogP contribution in [0, 0.1) is 0 Å². The molecule has 7 heteroatoms. The molecule has 0 spiro atoms. The zero-order valence-electron chi connectivity index (χ0n) is 14.7. The third kappa shape index (κ3) is 4.63. The van der Waals surface area contributed by atoms with Crippen LogP contribution in [0.1, 0.15) is 12.0 Å². The number of carbonyl (C=O) groups is 3. The second-order valence-corrected chi connectivity index (χ2v) is 6.32. The maximum atomic E-state index is 12.9. The Morgan fingerprint density at radius 3 is 2.56 bits per heavy atom. The second kappa shape index (κ2) is 8.35. The van der Waals surface area contributed by atoms with Gasteiger partial charge in [0.1, 0.15) is 12.6 Å². The Hall–Kier alpha value is -3.35. The quantitative estimate of drug-likeness (QED) is 0.721. The number of aliphatic carboxylic acids is 1. The lowest BCUT2D eigenvalue weighted by atomic mass is 10.1. The number of hydrogen-bond donors (Lipinski definition) is 3. The number of carboxylic acid groups (broad SMARTS) is 1. The maximum absolute atomic E-state index is 12.9. The lowest BCUT2D eigenvalue weighted by Crippen LogP contribution is -2.51. The number of carbonyl (C=O) groups excluding carboxylic acids is 2. The standard InChI is InChI=1S/C20H21N3O4/c24-18(11-10-14-6-2-1-3-7-14)22-16-12-21-15-8-4-5-9-17(15)23(20(16)27)13-19(25)26/h1-9,16,21H,10-13H2,(H,22,24)(H,25,26)/t16-/m0/s1. The van der Waals surface area contributed by atoms with Gasteiger partial charge in [0.05, 0.1) is 11.4 Å². The smallest absolute Gasteiger partial charge is 0.323 e. The molecule has 0 aliphatic carbocycles. The molecule has 3 rings (SSSR count). The van der Waals surface area contributed by atoms with Gasteiger partial charge < -0.3 is 15.7 Å². The molecule has 0 aromatic heterocycles. The van der Waals surface area contributed by atoms with Gasteiger partial charge in [-0.2, -0.15) is 0 Å². The Kier molecular flexibility index (Phi) is 5.71. The molecule has 0 bridgehead atoms. The highest BCUT2D eigenvalue weighted by atomic mass is 16.4. The van der Waals surface area contributed by atoms with Crippen LogP contribution in [0.3, 0.4) is 0 Å². The van der Waals surface area contributed by atoms with Gasteiger partial charge >= 0.3 is 5.97 Å². The molecule has 1 heterocycles. The first-order chi connectivity index (χ1) is 13.0. The molecule has 27 heavy (non-hydrogen) atoms. The summed E-state index contributed by atoms with van der Waals surface area (Å²) < 4.78 is 0. The number of nitrogens with one attached hydrogen (secondary N) is 2. The highest BCUT2D eigenvalue weighted by Crippen LogP contribution is 2.28. The summed E-state index contributed by atoms with van der Waals surface area (Å²) in [7, 11) is 0. The molecule has 3 N–H and O–H groups in total. The summed E-state index contributed by atoms with van der Waals surface area (Å²) in [4.78, 5) is 37.6. The van der Waals surface area contributed by atoms with E-state index in [0.717, 1.165) is 5.56 Å². The van der Waals surface area contributed by atoms with Crippen LogP contribution in [0.5, 0.6) is 0 Å². The van der Waals surface area contributed by atoms with Crippen LogP contribution in [-0.4, -0.2) is 42.0 Å². The number of amides is 2. The molecule has 1 aliphatic heterocycles. The number of anilines is 2. The zero-order chi connectivity index (χ0) is 19.2. The molecule has 2 amide bonds. The van der Waals surface area contributed by atoms with Gasteiger partial charge in [0.25, 0.3) is 5.91 Å². The summed E-state index contributed by atoms with van der Waals surface area (Å²) in [6.45, 7) is -0.267. The van der Waals surface area contributed by atoms with E-state index in [9.17, 15) is 19.5 Å². The number of fused-ring (bicyclic) bond motifs is 1. The molecule has 2 aromatic rings. The monoisotopic (exact) mass is 367 g/mol. The molecule has 1 aliphatic rings. The lowest BCUT2D eigenvalue weighted by Gasteiger charge is -2.23. The normalized spacial score (nSPS) is 16.1. The fraction of sp³-hybridized carbons (Fsp3) is 0.250. The van der Waals surface area contributed by atoms with Crippen molar-refractivity contribution < 1.29 is 19.5 Å². The van der Waals surface area contributed by atoms with E-state index >= 15 is 0 Å². The summed E-state index contributed by atoms with van der Waals surface area (Å²) in [6.07, 6.45) is 0.819. The van der Waals surface area contributed by atoms with Crippen LogP contribution >= 0.6 is 0 Å². The Labute approximate surface area is 157 Å². The van der Waals surface area contributed by atoms with Crippen molar-refractivity contribution >= 4 is 29.2 Å². The van der Waals surface area contributed by atoms with Crippen molar-refractivity contribution in [2.75, 3.05) is 23.3 Å². The molecule has 0 radical (unpaired) electrons. The average molecular weight is 367 g/mol. The van der Waals surface area contributed by atoms with Crippen molar-refractivity contribution in [3.63, 3.8) is 0 Å². The molecule has 7 nitrogen and oxygen atoms in total. The van der Waals surface area contributed by atoms with Crippen molar-refractivity contribution in [3.05, 3.63) is 60.2 Å². The van der Waals surface area contributed by atoms with Crippen molar-refractivity contribution in [1.82, 2.24) is 5.32 Å². The number of carboxylic acids is 1. The fourth-order valence-corrected chi connectivity index (χ4v) is 3.04. The molecule has 0 saturated heterocycles. The van der Waals surface area contributed by atoms with Crippen molar-refractivity contribution in [1.29, 1.82) is 0 Å². The van der Waals surface area contributed by atoms with Gasteiger partial charge in [-0.15, -0.1) is 0 Å². The highest BCUT2D eigenvalue weighted by molar-refractivity contribution is 6.05. The van der Waals surface area contributed by atoms with Gasteiger partial charge in [0.15, 0.2) is 0 Å². The minimum Gasteiger partial charge on any atom is -0.480 e. The predicted octanol–water partition coefficient (Wildman–Crippen LogP) is 1.65. The molecular weight excluding hydrogens is 346 g/mol. The maximum Gasteiger partial charge on any atom is 0.323 e.